The van der Waals surface area contributed by atoms with Gasteiger partial charge < -0.3 is 9.54 Å². The molecule has 0 spiro atoms. The fourth-order valence-corrected chi connectivity index (χ4v) is 3.84. The molecule has 0 atom stereocenters. The highest BCUT2D eigenvalue weighted by Gasteiger charge is 2.31. The Hall–Kier alpha value is -3.69. The molecule has 0 fully saturated rings. The Labute approximate surface area is 194 Å². The molecule has 3 aromatic carbocycles. The summed E-state index contributed by atoms with van der Waals surface area (Å²) in [6.07, 6.45) is 0.0755. The summed E-state index contributed by atoms with van der Waals surface area (Å²) in [6, 6.07) is 21.2. The Balaban J connectivity index is 0.000000499. The minimum Gasteiger partial charge on any atom is -0.748 e. The summed E-state index contributed by atoms with van der Waals surface area (Å²) >= 11 is 0. The first-order valence-corrected chi connectivity index (χ1v) is 11.9. The first-order valence-electron chi connectivity index (χ1n) is 10.1. The van der Waals surface area contributed by atoms with E-state index < -0.39 is 21.9 Å². The van der Waals surface area contributed by atoms with Crippen LogP contribution >= 0.6 is 0 Å². The molecule has 0 saturated carbocycles. The highest BCUT2D eigenvalue weighted by atomic mass is 32.2. The second-order valence-corrected chi connectivity index (χ2v) is 9.06. The van der Waals surface area contributed by atoms with Gasteiger partial charge in [0.2, 0.25) is 5.69 Å². The molecule has 0 bridgehead atoms. The summed E-state index contributed by atoms with van der Waals surface area (Å²) in [5.41, 5.74) is 5.83. The molecule has 5 nitrogen and oxygen atoms in total. The number of alkyl halides is 3. The summed E-state index contributed by atoms with van der Waals surface area (Å²) in [6.45, 7) is 0. The number of benzene rings is 3. The van der Waals surface area contributed by atoms with E-state index in [1.807, 2.05) is 60.9 Å². The fraction of sp³-hybridized carbons (Fsp3) is 0.0800. The molecule has 1 aromatic heterocycles. The van der Waals surface area contributed by atoms with Crippen LogP contribution in [0, 0.1) is 0 Å². The molecule has 5 rings (SSSR count). The summed E-state index contributed by atoms with van der Waals surface area (Å²) in [5, 5.41) is 1.02. The fourth-order valence-electron chi connectivity index (χ4n) is 3.84. The Kier molecular flexibility index (Phi) is 6.16. The van der Waals surface area contributed by atoms with Gasteiger partial charge in [-0.2, -0.15) is 13.2 Å². The predicted molar refractivity (Wildman–Crippen MR) is 124 cm³/mol. The van der Waals surface area contributed by atoms with E-state index in [9.17, 15) is 13.2 Å². The van der Waals surface area contributed by atoms with Crippen LogP contribution in [0.5, 0.6) is 0 Å². The number of allylic oxidation sites excluding steroid dienone is 1. The van der Waals surface area contributed by atoms with Crippen molar-refractivity contribution in [1.29, 1.82) is 0 Å². The lowest BCUT2D eigenvalue weighted by Gasteiger charge is -2.12. The molecule has 0 unspecified atom stereocenters. The standard InChI is InChI=1S/C24H15F3N2.CH4O3S/c25-24(26,27)16-11-9-15(10-12-16)23(19-13-28-21-7-3-1-5-17(19)21)20-14-29-22-8-4-2-6-18(20)22;1-5(2,3)4/h1-14,28H;1H3,(H,2,3,4). The van der Waals surface area contributed by atoms with Gasteiger partial charge in [0.25, 0.3) is 0 Å². The van der Waals surface area contributed by atoms with Crippen LogP contribution in [0.25, 0.3) is 22.0 Å². The molecule has 1 aliphatic rings. The van der Waals surface area contributed by atoms with Gasteiger partial charge in [0.1, 0.15) is 0 Å². The molecule has 174 valence electrons. The van der Waals surface area contributed by atoms with Crippen LogP contribution in [0.4, 0.5) is 18.9 Å². The molecule has 1 aliphatic heterocycles. The van der Waals surface area contributed by atoms with Crippen molar-refractivity contribution in [1.82, 2.24) is 4.98 Å². The number of halogens is 3. The first kappa shape index (κ1) is 23.5. The van der Waals surface area contributed by atoms with E-state index in [2.05, 4.69) is 9.98 Å². The maximum atomic E-state index is 13.1. The van der Waals surface area contributed by atoms with Crippen molar-refractivity contribution in [2.45, 2.75) is 6.18 Å². The molecule has 0 aliphatic carbocycles. The van der Waals surface area contributed by atoms with Crippen molar-refractivity contribution in [3.05, 3.63) is 101 Å². The van der Waals surface area contributed by atoms with Crippen LogP contribution in [0.1, 0.15) is 22.3 Å². The van der Waals surface area contributed by atoms with Gasteiger partial charge in [0.05, 0.1) is 26.8 Å². The minimum atomic E-state index is -4.36. The van der Waals surface area contributed by atoms with E-state index in [0.717, 1.165) is 56.6 Å². The van der Waals surface area contributed by atoms with Crippen molar-refractivity contribution < 1.29 is 31.1 Å². The van der Waals surface area contributed by atoms with Gasteiger partial charge in [-0.25, -0.2) is 13.4 Å². The minimum absolute atomic E-state index is 0.604. The SMILES string of the molecule is CS(=O)(=O)[O-].FC(F)(F)c1ccc(C(=C2C=[NH+]c3ccccc32)c2c[nH]c3ccccc23)cc1. The third kappa shape index (κ3) is 5.11. The van der Waals surface area contributed by atoms with Crippen molar-refractivity contribution in [3.8, 4) is 0 Å². The molecule has 9 heteroatoms. The van der Waals surface area contributed by atoms with Gasteiger partial charge in [-0.1, -0.05) is 42.5 Å². The van der Waals surface area contributed by atoms with Gasteiger partial charge in [-0.05, 0) is 29.8 Å². The van der Waals surface area contributed by atoms with Gasteiger partial charge in [-0.3, -0.25) is 0 Å². The summed E-state index contributed by atoms with van der Waals surface area (Å²) < 4.78 is 66.4. The van der Waals surface area contributed by atoms with Crippen molar-refractivity contribution in [2.75, 3.05) is 6.26 Å². The number of H-pyrrole nitrogens is 1. The molecular formula is C25H19F3N2O3S. The number of hydrogen-bond donors (Lipinski definition) is 2. The monoisotopic (exact) mass is 484 g/mol. The molecule has 2 N–H and O–H groups in total. The van der Waals surface area contributed by atoms with Crippen molar-refractivity contribution >= 4 is 44.1 Å². The van der Waals surface area contributed by atoms with Crippen LogP contribution in [0.3, 0.4) is 0 Å². The van der Waals surface area contributed by atoms with Crippen LogP contribution in [-0.4, -0.2) is 30.4 Å². The summed E-state index contributed by atoms with van der Waals surface area (Å²) in [7, 11) is -3.92. The molecule has 2 heterocycles. The largest absolute Gasteiger partial charge is 0.748 e. The quantitative estimate of drug-likeness (QED) is 0.420. The number of hydrogen-bond acceptors (Lipinski definition) is 3. The highest BCUT2D eigenvalue weighted by molar-refractivity contribution is 7.84. The van der Waals surface area contributed by atoms with Crippen molar-refractivity contribution in [2.24, 2.45) is 0 Å². The van der Waals surface area contributed by atoms with Crippen LogP contribution in [0.15, 0.2) is 79.0 Å². The summed E-state index contributed by atoms with van der Waals surface area (Å²) in [4.78, 5) is 6.55. The Morgan fingerprint density at radius 1 is 0.941 bits per heavy atom. The smallest absolute Gasteiger partial charge is 0.416 e. The van der Waals surface area contributed by atoms with Crippen LogP contribution in [-0.2, 0) is 16.3 Å². The number of fused-ring (bicyclic) bond motifs is 2. The number of nitrogens with one attached hydrogen (secondary N) is 2. The Morgan fingerprint density at radius 3 is 2.24 bits per heavy atom. The predicted octanol–water partition coefficient (Wildman–Crippen LogP) is 4.10. The van der Waals surface area contributed by atoms with Gasteiger partial charge in [0.15, 0.2) is 6.21 Å². The average molecular weight is 484 g/mol. The molecule has 0 radical (unpaired) electrons. The number of aromatic amines is 1. The Morgan fingerprint density at radius 2 is 1.56 bits per heavy atom. The average Bonchev–Trinajstić information content (AvgIpc) is 3.38. The van der Waals surface area contributed by atoms with Crippen molar-refractivity contribution in [3.63, 3.8) is 0 Å². The number of para-hydroxylation sites is 2. The maximum Gasteiger partial charge on any atom is 0.416 e. The van der Waals surface area contributed by atoms with Crippen LogP contribution < -0.4 is 4.99 Å². The van der Waals surface area contributed by atoms with E-state index in [-0.39, 0.29) is 0 Å². The van der Waals surface area contributed by atoms with Gasteiger partial charge in [-0.15, -0.1) is 0 Å². The summed E-state index contributed by atoms with van der Waals surface area (Å²) in [5.74, 6) is 0. The zero-order chi connectivity index (χ0) is 24.5. The van der Waals surface area contributed by atoms with E-state index in [0.29, 0.717) is 6.26 Å². The lowest BCUT2D eigenvalue weighted by atomic mass is 9.89. The van der Waals surface area contributed by atoms with E-state index in [1.54, 1.807) is 12.1 Å². The number of rotatable bonds is 2. The second kappa shape index (κ2) is 8.92. The zero-order valence-electron chi connectivity index (χ0n) is 17.8. The second-order valence-electron chi connectivity index (χ2n) is 7.65. The van der Waals surface area contributed by atoms with E-state index in [1.165, 1.54) is 0 Å². The van der Waals surface area contributed by atoms with Gasteiger partial charge >= 0.3 is 6.18 Å². The molecule has 34 heavy (non-hydrogen) atoms. The van der Waals surface area contributed by atoms with E-state index >= 15 is 0 Å². The highest BCUT2D eigenvalue weighted by Crippen LogP contribution is 2.38. The lowest BCUT2D eigenvalue weighted by molar-refractivity contribution is -0.342. The lowest BCUT2D eigenvalue weighted by Crippen LogP contribution is -2.58. The maximum absolute atomic E-state index is 13.1. The van der Waals surface area contributed by atoms with E-state index in [4.69, 9.17) is 13.0 Å². The molecule has 0 amide bonds. The van der Waals surface area contributed by atoms with Crippen LogP contribution in [0.2, 0.25) is 0 Å². The van der Waals surface area contributed by atoms with Gasteiger partial charge in [0, 0.05) is 40.6 Å². The number of aromatic nitrogens is 1. The molecule has 0 saturated heterocycles. The normalized spacial score (nSPS) is 14.5. The molecule has 4 aromatic rings. The topological polar surface area (TPSA) is 87.0 Å². The zero-order valence-corrected chi connectivity index (χ0v) is 18.7. The third-order valence-electron chi connectivity index (χ3n) is 5.22. The Bertz CT molecular complexity index is 1510. The molecular weight excluding hydrogens is 465 g/mol. The third-order valence-corrected chi connectivity index (χ3v) is 5.22. The first-order chi connectivity index (χ1) is 16.0.